The Kier molecular flexibility index (Phi) is 3.98. The number of ether oxygens (including phenoxy) is 1. The van der Waals surface area contributed by atoms with Gasteiger partial charge < -0.3 is 14.7 Å². The molecule has 0 radical (unpaired) electrons. The third-order valence-corrected chi connectivity index (χ3v) is 3.56. The lowest BCUT2D eigenvalue weighted by Crippen LogP contribution is -2.52. The van der Waals surface area contributed by atoms with Gasteiger partial charge in [0.05, 0.1) is 19.1 Å². The van der Waals surface area contributed by atoms with Crippen molar-refractivity contribution in [3.63, 3.8) is 0 Å². The third-order valence-electron chi connectivity index (χ3n) is 2.82. The van der Waals surface area contributed by atoms with Gasteiger partial charge in [-0.3, -0.25) is 4.79 Å². The topological polar surface area (TPSA) is 66.8 Å². The molecule has 0 aromatic carbocycles. The van der Waals surface area contributed by atoms with E-state index in [0.29, 0.717) is 13.0 Å². The monoisotopic (exact) mass is 269 g/mol. The number of carbonyl (C=O) groups is 2. The van der Waals surface area contributed by atoms with Crippen LogP contribution in [-0.2, 0) is 20.7 Å². The highest BCUT2D eigenvalue weighted by molar-refractivity contribution is 7.07. The summed E-state index contributed by atoms with van der Waals surface area (Å²) in [6.07, 6.45) is -0.839. The van der Waals surface area contributed by atoms with E-state index in [-0.39, 0.29) is 18.6 Å². The fraction of sp³-hybridized carbons (Fsp3) is 0.500. The Hall–Kier alpha value is -1.40. The Balaban J connectivity index is 1.99. The number of hydrogen-bond acceptors (Lipinski definition) is 4. The molecule has 1 unspecified atom stereocenters. The largest absolute Gasteiger partial charge is 0.479 e. The molecule has 1 aliphatic heterocycles. The lowest BCUT2D eigenvalue weighted by atomic mass is 10.1. The standard InChI is InChI=1S/C12H15NO4S/c1-8-5-13(6-10(17-8)12(15)16)11(14)4-9-2-3-18-7-9/h2-3,7-8,10H,4-6H2,1H3,(H,15,16)/t8-,10?/m1/s1. The van der Waals surface area contributed by atoms with Gasteiger partial charge in [-0.25, -0.2) is 4.79 Å². The van der Waals surface area contributed by atoms with Crippen LogP contribution < -0.4 is 0 Å². The van der Waals surface area contributed by atoms with E-state index in [2.05, 4.69) is 0 Å². The molecule has 18 heavy (non-hydrogen) atoms. The lowest BCUT2D eigenvalue weighted by molar-refractivity contribution is -0.166. The molecule has 1 fully saturated rings. The molecule has 6 heteroatoms. The first-order valence-corrected chi connectivity index (χ1v) is 6.67. The molecule has 1 aromatic heterocycles. The van der Waals surface area contributed by atoms with Gasteiger partial charge in [-0.05, 0) is 29.3 Å². The van der Waals surface area contributed by atoms with Gasteiger partial charge in [0.15, 0.2) is 6.10 Å². The van der Waals surface area contributed by atoms with Crippen molar-refractivity contribution in [1.29, 1.82) is 0 Å². The van der Waals surface area contributed by atoms with E-state index in [9.17, 15) is 9.59 Å². The normalized spacial score (nSPS) is 23.9. The average molecular weight is 269 g/mol. The van der Waals surface area contributed by atoms with Crippen molar-refractivity contribution >= 4 is 23.2 Å². The van der Waals surface area contributed by atoms with Crippen LogP contribution in [0.1, 0.15) is 12.5 Å². The summed E-state index contributed by atoms with van der Waals surface area (Å²) in [5.74, 6) is -1.07. The Morgan fingerprint density at radius 2 is 2.33 bits per heavy atom. The second kappa shape index (κ2) is 5.49. The first kappa shape index (κ1) is 13.0. The van der Waals surface area contributed by atoms with Crippen LogP contribution in [0.15, 0.2) is 16.8 Å². The summed E-state index contributed by atoms with van der Waals surface area (Å²) in [5, 5.41) is 12.8. The molecule has 2 heterocycles. The van der Waals surface area contributed by atoms with Crippen molar-refractivity contribution in [2.75, 3.05) is 13.1 Å². The minimum Gasteiger partial charge on any atom is -0.479 e. The molecule has 2 rings (SSSR count). The average Bonchev–Trinajstić information content (AvgIpc) is 2.80. The van der Waals surface area contributed by atoms with E-state index in [1.165, 1.54) is 0 Å². The first-order valence-electron chi connectivity index (χ1n) is 5.73. The summed E-state index contributed by atoms with van der Waals surface area (Å²) in [6, 6.07) is 1.90. The van der Waals surface area contributed by atoms with Crippen LogP contribution in [0.5, 0.6) is 0 Å². The van der Waals surface area contributed by atoms with Crippen molar-refractivity contribution in [3.05, 3.63) is 22.4 Å². The number of carboxylic acids is 1. The maximum atomic E-state index is 12.1. The number of carbonyl (C=O) groups excluding carboxylic acids is 1. The van der Waals surface area contributed by atoms with Gasteiger partial charge in [-0.1, -0.05) is 0 Å². The zero-order chi connectivity index (χ0) is 13.1. The Morgan fingerprint density at radius 1 is 1.56 bits per heavy atom. The van der Waals surface area contributed by atoms with E-state index in [1.54, 1.807) is 23.2 Å². The van der Waals surface area contributed by atoms with Crippen molar-refractivity contribution in [1.82, 2.24) is 4.90 Å². The van der Waals surface area contributed by atoms with E-state index in [4.69, 9.17) is 9.84 Å². The minimum absolute atomic E-state index is 0.0465. The van der Waals surface area contributed by atoms with Crippen molar-refractivity contribution in [2.45, 2.75) is 25.6 Å². The van der Waals surface area contributed by atoms with E-state index in [1.807, 2.05) is 16.8 Å². The van der Waals surface area contributed by atoms with Gasteiger partial charge in [0.1, 0.15) is 0 Å². The predicted molar refractivity (Wildman–Crippen MR) is 66.6 cm³/mol. The van der Waals surface area contributed by atoms with Crippen LogP contribution in [0.3, 0.4) is 0 Å². The maximum Gasteiger partial charge on any atom is 0.334 e. The highest BCUT2D eigenvalue weighted by atomic mass is 32.1. The molecule has 0 spiro atoms. The molecule has 0 saturated carbocycles. The summed E-state index contributed by atoms with van der Waals surface area (Å²) in [6.45, 7) is 2.36. The minimum atomic E-state index is -1.02. The number of nitrogens with zero attached hydrogens (tertiary/aromatic N) is 1. The number of amides is 1. The number of carboxylic acid groups (broad SMARTS) is 1. The van der Waals surface area contributed by atoms with Crippen LogP contribution in [0, 0.1) is 0 Å². The lowest BCUT2D eigenvalue weighted by Gasteiger charge is -2.35. The van der Waals surface area contributed by atoms with E-state index < -0.39 is 12.1 Å². The van der Waals surface area contributed by atoms with E-state index in [0.717, 1.165) is 5.56 Å². The van der Waals surface area contributed by atoms with Crippen molar-refractivity contribution in [2.24, 2.45) is 0 Å². The second-order valence-corrected chi connectivity index (χ2v) is 5.16. The fourth-order valence-corrected chi connectivity index (χ4v) is 2.64. The summed E-state index contributed by atoms with van der Waals surface area (Å²) in [7, 11) is 0. The fourth-order valence-electron chi connectivity index (χ4n) is 1.97. The number of rotatable bonds is 3. The number of thiophene rings is 1. The van der Waals surface area contributed by atoms with Gasteiger partial charge in [0.25, 0.3) is 0 Å². The van der Waals surface area contributed by atoms with Gasteiger partial charge in [-0.15, -0.1) is 0 Å². The Labute approximate surface area is 109 Å². The number of morpholine rings is 1. The molecule has 1 N–H and O–H groups in total. The summed E-state index contributed by atoms with van der Waals surface area (Å²) in [5.41, 5.74) is 0.969. The first-order chi connectivity index (χ1) is 8.56. The van der Waals surface area contributed by atoms with Gasteiger partial charge in [0.2, 0.25) is 5.91 Å². The molecule has 0 bridgehead atoms. The number of aliphatic carboxylic acids is 1. The molecule has 2 atom stereocenters. The molecule has 1 amide bonds. The Bertz CT molecular complexity index is 431. The molecule has 1 saturated heterocycles. The van der Waals surface area contributed by atoms with Crippen LogP contribution in [0.4, 0.5) is 0 Å². The highest BCUT2D eigenvalue weighted by Crippen LogP contribution is 2.14. The van der Waals surface area contributed by atoms with Gasteiger partial charge in [-0.2, -0.15) is 11.3 Å². The van der Waals surface area contributed by atoms with Gasteiger partial charge in [0, 0.05) is 6.54 Å². The highest BCUT2D eigenvalue weighted by Gasteiger charge is 2.32. The second-order valence-electron chi connectivity index (χ2n) is 4.38. The number of hydrogen-bond donors (Lipinski definition) is 1. The molecule has 5 nitrogen and oxygen atoms in total. The quantitative estimate of drug-likeness (QED) is 0.888. The molecule has 98 valence electrons. The van der Waals surface area contributed by atoms with Crippen LogP contribution >= 0.6 is 11.3 Å². The zero-order valence-electron chi connectivity index (χ0n) is 10.0. The maximum absolute atomic E-state index is 12.1. The summed E-state index contributed by atoms with van der Waals surface area (Å²) in [4.78, 5) is 24.6. The Morgan fingerprint density at radius 3 is 2.94 bits per heavy atom. The third kappa shape index (κ3) is 3.08. The summed E-state index contributed by atoms with van der Waals surface area (Å²) >= 11 is 1.54. The van der Waals surface area contributed by atoms with Crippen LogP contribution in [-0.4, -0.2) is 47.2 Å². The zero-order valence-corrected chi connectivity index (χ0v) is 10.9. The van der Waals surface area contributed by atoms with Crippen molar-refractivity contribution < 1.29 is 19.4 Å². The van der Waals surface area contributed by atoms with E-state index >= 15 is 0 Å². The molecular formula is C12H15NO4S. The van der Waals surface area contributed by atoms with Crippen molar-refractivity contribution in [3.8, 4) is 0 Å². The molecule has 0 aliphatic carbocycles. The predicted octanol–water partition coefficient (Wildman–Crippen LogP) is 0.991. The van der Waals surface area contributed by atoms with Gasteiger partial charge >= 0.3 is 5.97 Å². The molecular weight excluding hydrogens is 254 g/mol. The summed E-state index contributed by atoms with van der Waals surface area (Å²) < 4.78 is 5.27. The SMILES string of the molecule is C[C@@H]1CN(C(=O)Cc2ccsc2)CC(C(=O)O)O1. The molecule has 1 aromatic rings. The van der Waals surface area contributed by atoms with Crippen LogP contribution in [0.25, 0.3) is 0 Å². The smallest absolute Gasteiger partial charge is 0.334 e. The van der Waals surface area contributed by atoms with Crippen LogP contribution in [0.2, 0.25) is 0 Å². The molecule has 1 aliphatic rings.